The first-order chi connectivity index (χ1) is 19.1. The van der Waals surface area contributed by atoms with Gasteiger partial charge >= 0.3 is 99.2 Å². The molecule has 0 amide bonds. The second-order valence-corrected chi connectivity index (χ2v) is 13.6. The molecule has 200 valence electrons. The van der Waals surface area contributed by atoms with Crippen molar-refractivity contribution in [3.8, 4) is 11.1 Å². The normalized spacial score (nSPS) is 11.8. The van der Waals surface area contributed by atoms with Gasteiger partial charge in [-0.15, -0.1) is 5.56 Å². The molecule has 0 nitrogen and oxygen atoms in total. The molecule has 0 fully saturated rings. The van der Waals surface area contributed by atoms with Crippen molar-refractivity contribution in [1.29, 1.82) is 0 Å². The van der Waals surface area contributed by atoms with Gasteiger partial charge in [0.25, 0.3) is 0 Å². The predicted molar refractivity (Wildman–Crippen MR) is 169 cm³/mol. The van der Waals surface area contributed by atoms with Crippen LogP contribution >= 0.6 is 0 Å². The minimum Gasteiger partial charge on any atom is -0.214 e. The van der Waals surface area contributed by atoms with E-state index in [0.29, 0.717) is 0 Å². The molecule has 1 heteroatoms. The topological polar surface area (TPSA) is 0 Å². The van der Waals surface area contributed by atoms with Crippen molar-refractivity contribution < 1.29 is 24.2 Å². The van der Waals surface area contributed by atoms with Crippen molar-refractivity contribution in [2.45, 2.75) is 58.8 Å². The van der Waals surface area contributed by atoms with Crippen LogP contribution in [0.5, 0.6) is 0 Å². The molecule has 0 radical (unpaired) electrons. The van der Waals surface area contributed by atoms with Crippen molar-refractivity contribution >= 4 is 3.21 Å². The summed E-state index contributed by atoms with van der Waals surface area (Å²) in [6, 6.07) is 46.0. The Labute approximate surface area is 256 Å². The second-order valence-electron chi connectivity index (χ2n) is 12.4. The summed E-state index contributed by atoms with van der Waals surface area (Å²) in [6.07, 6.45) is 1.03. The minimum absolute atomic E-state index is 0.177. The van der Waals surface area contributed by atoms with Crippen molar-refractivity contribution in [1.82, 2.24) is 0 Å². The maximum Gasteiger partial charge on any atom is -0.172 e. The summed E-state index contributed by atoms with van der Waals surface area (Å²) < 4.78 is 1.42. The SMILES string of the molecule is CC(C)(C)c1c[c-]c2c(c1)-c1cccc(C(C)(C)C)c1C2.[Zr+2]=[C](c1ccccc1)c1ccccc1.c1cc[cH-]c1. The van der Waals surface area contributed by atoms with Crippen LogP contribution in [0, 0.1) is 6.07 Å². The van der Waals surface area contributed by atoms with Crippen molar-refractivity contribution in [2.24, 2.45) is 0 Å². The van der Waals surface area contributed by atoms with E-state index in [1.807, 2.05) is 30.3 Å². The average Bonchev–Trinajstić information content (AvgIpc) is 3.64. The molecule has 0 aromatic heterocycles. The summed E-state index contributed by atoms with van der Waals surface area (Å²) >= 11 is 1.46. The van der Waals surface area contributed by atoms with Crippen LogP contribution in [0.1, 0.15) is 74.9 Å². The maximum absolute atomic E-state index is 3.55. The van der Waals surface area contributed by atoms with Gasteiger partial charge in [-0.2, -0.15) is 47.5 Å². The van der Waals surface area contributed by atoms with Gasteiger partial charge in [-0.1, -0.05) is 70.7 Å². The number of hydrogen-bond donors (Lipinski definition) is 0. The summed E-state index contributed by atoms with van der Waals surface area (Å²) in [5, 5.41) is 0. The largest absolute Gasteiger partial charge is 0.214 e. The van der Waals surface area contributed by atoms with Crippen LogP contribution in [0.15, 0.2) is 121 Å². The van der Waals surface area contributed by atoms with Gasteiger partial charge in [0.1, 0.15) is 0 Å². The van der Waals surface area contributed by atoms with Gasteiger partial charge in [-0.3, -0.25) is 0 Å². The van der Waals surface area contributed by atoms with E-state index in [2.05, 4.69) is 139 Å². The fourth-order valence-corrected chi connectivity index (χ4v) is 5.77. The molecule has 1 aliphatic rings. The number of fused-ring (bicyclic) bond motifs is 3. The van der Waals surface area contributed by atoms with Crippen LogP contribution in [0.25, 0.3) is 11.1 Å². The summed E-state index contributed by atoms with van der Waals surface area (Å²) in [7, 11) is 0. The number of benzene rings is 4. The zero-order chi connectivity index (χ0) is 28.8. The molecule has 0 N–H and O–H groups in total. The average molecular weight is 600 g/mol. The van der Waals surface area contributed by atoms with Gasteiger partial charge in [-0.05, 0) is 23.0 Å². The first-order valence-corrected chi connectivity index (χ1v) is 15.3. The number of hydrogen-bond acceptors (Lipinski definition) is 0. The zero-order valence-corrected chi connectivity index (χ0v) is 27.2. The summed E-state index contributed by atoms with van der Waals surface area (Å²) in [5.41, 5.74) is 11.5. The van der Waals surface area contributed by atoms with Gasteiger partial charge < -0.3 is 0 Å². The Kier molecular flexibility index (Phi) is 9.81. The van der Waals surface area contributed by atoms with E-state index >= 15 is 0 Å². The zero-order valence-electron chi connectivity index (χ0n) is 24.8. The molecule has 0 saturated heterocycles. The van der Waals surface area contributed by atoms with Crippen molar-refractivity contribution in [3.05, 3.63) is 161 Å². The molecule has 5 aromatic carbocycles. The second kappa shape index (κ2) is 13.1. The van der Waals surface area contributed by atoms with E-state index in [4.69, 9.17) is 0 Å². The van der Waals surface area contributed by atoms with Gasteiger partial charge in [0.2, 0.25) is 0 Å². The fourth-order valence-electron chi connectivity index (χ4n) is 4.95. The Morgan fingerprint density at radius 1 is 0.675 bits per heavy atom. The van der Waals surface area contributed by atoms with Gasteiger partial charge in [0.05, 0.1) is 0 Å². The summed E-state index contributed by atoms with van der Waals surface area (Å²) in [5.74, 6) is 0. The molecule has 6 rings (SSSR count). The summed E-state index contributed by atoms with van der Waals surface area (Å²) in [4.78, 5) is 0. The molecule has 40 heavy (non-hydrogen) atoms. The van der Waals surface area contributed by atoms with Crippen molar-refractivity contribution in [3.63, 3.8) is 0 Å². The molecule has 5 aromatic rings. The third-order valence-electron chi connectivity index (χ3n) is 7.20. The van der Waals surface area contributed by atoms with E-state index in [-0.39, 0.29) is 10.8 Å². The standard InChI is InChI=1S/C21H25.C13H10.C5H5.Zr/c1-20(2,3)15-11-10-14-12-18-16(17(14)13-15)8-7-9-19(18)21(4,5)6;1-3-7-12(8-4-1)11-13-9-5-2-6-10-13;1-2-4-5-3-1;/h7-9,11,13H,12H2,1-6H3;1-10H;1-5H;/q-1;;-1;+2. The third-order valence-corrected chi connectivity index (χ3v) is 8.62. The van der Waals surface area contributed by atoms with E-state index in [9.17, 15) is 0 Å². The third kappa shape index (κ3) is 7.58. The van der Waals surface area contributed by atoms with Crippen LogP contribution in [0.3, 0.4) is 0 Å². The van der Waals surface area contributed by atoms with E-state index < -0.39 is 0 Å². The molecule has 0 spiro atoms. The molecule has 0 saturated carbocycles. The quantitative estimate of drug-likeness (QED) is 0.174. The van der Waals surface area contributed by atoms with Crippen molar-refractivity contribution in [2.75, 3.05) is 0 Å². The smallest absolute Gasteiger partial charge is 0.172 e. The minimum atomic E-state index is 0.177. The molecular formula is C39H40Zr. The Morgan fingerprint density at radius 3 is 1.73 bits per heavy atom. The summed E-state index contributed by atoms with van der Waals surface area (Å²) in [6.45, 7) is 13.7. The Morgan fingerprint density at radius 2 is 1.25 bits per heavy atom. The van der Waals surface area contributed by atoms with Crippen LogP contribution < -0.4 is 0 Å². The molecule has 0 bridgehead atoms. The first-order valence-electron chi connectivity index (χ1n) is 14.1. The van der Waals surface area contributed by atoms with Crippen LogP contribution in [0.4, 0.5) is 0 Å². The van der Waals surface area contributed by atoms with Crippen LogP contribution in [-0.4, -0.2) is 3.21 Å². The molecule has 0 aliphatic heterocycles. The molecule has 0 unspecified atom stereocenters. The molecule has 1 aliphatic carbocycles. The van der Waals surface area contributed by atoms with Crippen LogP contribution in [0.2, 0.25) is 0 Å². The molecular weight excluding hydrogens is 560 g/mol. The molecule has 0 heterocycles. The van der Waals surface area contributed by atoms with E-state index in [1.54, 1.807) is 0 Å². The molecule has 0 atom stereocenters. The van der Waals surface area contributed by atoms with Gasteiger partial charge in [-0.25, -0.2) is 12.1 Å². The fraction of sp³-hybridized carbons (Fsp3) is 0.231. The van der Waals surface area contributed by atoms with E-state index in [1.165, 1.54) is 71.9 Å². The van der Waals surface area contributed by atoms with E-state index in [0.717, 1.165) is 6.42 Å². The predicted octanol–water partition coefficient (Wildman–Crippen LogP) is 9.86. The first kappa shape index (κ1) is 30.0. The monoisotopic (exact) mass is 598 g/mol. The van der Waals surface area contributed by atoms with Gasteiger partial charge in [0.15, 0.2) is 0 Å². The van der Waals surface area contributed by atoms with Crippen LogP contribution in [-0.2, 0) is 41.5 Å². The van der Waals surface area contributed by atoms with Gasteiger partial charge in [0, 0.05) is 0 Å². The Hall–Kier alpha value is -3.02. The Bertz CT molecular complexity index is 1450. The Balaban J connectivity index is 0.000000166. The maximum atomic E-state index is 3.55. The number of rotatable bonds is 2.